The van der Waals surface area contributed by atoms with Gasteiger partial charge in [0.1, 0.15) is 11.6 Å². The van der Waals surface area contributed by atoms with Crippen molar-refractivity contribution in [1.82, 2.24) is 9.97 Å². The third-order valence-corrected chi connectivity index (χ3v) is 5.35. The van der Waals surface area contributed by atoms with E-state index in [9.17, 15) is 13.6 Å². The number of fused-ring (bicyclic) bond motifs is 1. The van der Waals surface area contributed by atoms with E-state index < -0.39 is 5.92 Å². The molecule has 0 aromatic carbocycles. The number of ketones is 1. The summed E-state index contributed by atoms with van der Waals surface area (Å²) in [5.41, 5.74) is 0.332. The van der Waals surface area contributed by atoms with Crippen LogP contribution in [0.4, 0.5) is 14.6 Å². The summed E-state index contributed by atoms with van der Waals surface area (Å²) in [6, 6.07) is -0.289. The lowest BCUT2D eigenvalue weighted by Gasteiger charge is -2.32. The smallest absolute Gasteiger partial charge is 0.250 e. The molecule has 7 heteroatoms. The van der Waals surface area contributed by atoms with Crippen molar-refractivity contribution in [1.29, 1.82) is 0 Å². The van der Waals surface area contributed by atoms with Crippen LogP contribution < -0.4 is 4.90 Å². The molecule has 2 fully saturated rings. The number of carbonyl (C=O) groups is 1. The molecular formula is C15H16ClF2N3O. The fourth-order valence-corrected chi connectivity index (χ4v) is 3.81. The first-order valence-corrected chi connectivity index (χ1v) is 7.96. The number of aromatic nitrogens is 2. The number of rotatable bonds is 1. The van der Waals surface area contributed by atoms with Gasteiger partial charge in [0.2, 0.25) is 11.2 Å². The average molecular weight is 328 g/mol. The zero-order chi connectivity index (χ0) is 15.5. The van der Waals surface area contributed by atoms with Gasteiger partial charge < -0.3 is 4.90 Å². The van der Waals surface area contributed by atoms with Crippen molar-refractivity contribution in [2.45, 2.75) is 50.5 Å². The fourth-order valence-electron chi connectivity index (χ4n) is 3.68. The van der Waals surface area contributed by atoms with Crippen LogP contribution >= 0.6 is 11.6 Å². The van der Waals surface area contributed by atoms with E-state index in [1.54, 1.807) is 6.20 Å². The molecule has 118 valence electrons. The minimum absolute atomic E-state index is 0.0905. The van der Waals surface area contributed by atoms with Gasteiger partial charge in [0, 0.05) is 49.0 Å². The zero-order valence-corrected chi connectivity index (χ0v) is 12.7. The first kappa shape index (κ1) is 14.3. The second-order valence-corrected chi connectivity index (χ2v) is 7.09. The SMILES string of the molecule is O=C1Cc2cnc(Cl)nc2N([C@@H]2CCC(F)(F)C2)CC12CC2. The van der Waals surface area contributed by atoms with E-state index in [0.717, 1.165) is 12.8 Å². The fraction of sp³-hybridized carbons (Fsp3) is 0.667. The highest BCUT2D eigenvalue weighted by Gasteiger charge is 2.54. The van der Waals surface area contributed by atoms with Gasteiger partial charge in [-0.1, -0.05) is 0 Å². The molecule has 1 aliphatic heterocycles. The maximum absolute atomic E-state index is 13.6. The summed E-state index contributed by atoms with van der Waals surface area (Å²) in [6.07, 6.45) is 3.62. The first-order valence-electron chi connectivity index (χ1n) is 7.58. The molecule has 0 radical (unpaired) electrons. The minimum atomic E-state index is -2.63. The maximum Gasteiger partial charge on any atom is 0.250 e. The van der Waals surface area contributed by atoms with Gasteiger partial charge in [-0.15, -0.1) is 0 Å². The van der Waals surface area contributed by atoms with E-state index >= 15 is 0 Å². The number of anilines is 1. The predicted octanol–water partition coefficient (Wildman–Crippen LogP) is 3.03. The zero-order valence-electron chi connectivity index (χ0n) is 12.0. The molecule has 1 atom stereocenters. The molecule has 0 bridgehead atoms. The average Bonchev–Trinajstić information content (AvgIpc) is 3.17. The molecule has 1 aromatic rings. The van der Waals surface area contributed by atoms with Gasteiger partial charge in [0.25, 0.3) is 0 Å². The topological polar surface area (TPSA) is 46.1 Å². The lowest BCUT2D eigenvalue weighted by Crippen LogP contribution is -2.40. The summed E-state index contributed by atoms with van der Waals surface area (Å²) < 4.78 is 27.3. The van der Waals surface area contributed by atoms with E-state index in [-0.39, 0.29) is 41.8 Å². The standard InChI is InChI=1S/C15H16ClF2N3O/c16-13-19-7-9-5-11(22)14(3-4-14)8-21(12(9)20-13)10-1-2-15(17,18)6-10/h7,10H,1-6,8H2/t10-/m1/s1. The Morgan fingerprint density at radius 3 is 2.73 bits per heavy atom. The van der Waals surface area contributed by atoms with E-state index in [1.165, 1.54) is 0 Å². The van der Waals surface area contributed by atoms with Gasteiger partial charge >= 0.3 is 0 Å². The third kappa shape index (κ3) is 2.28. The third-order valence-electron chi connectivity index (χ3n) is 5.17. The number of nitrogens with zero attached hydrogens (tertiary/aromatic N) is 3. The summed E-state index contributed by atoms with van der Waals surface area (Å²) >= 11 is 5.90. The van der Waals surface area contributed by atoms with Crippen molar-refractivity contribution >= 4 is 23.2 Å². The largest absolute Gasteiger partial charge is 0.352 e. The lowest BCUT2D eigenvalue weighted by atomic mass is 9.97. The number of Topliss-reactive ketones (excluding diaryl/α,β-unsaturated/α-hetero) is 1. The number of alkyl halides is 2. The van der Waals surface area contributed by atoms with Crippen molar-refractivity contribution in [2.75, 3.05) is 11.4 Å². The van der Waals surface area contributed by atoms with Crippen LogP contribution in [0.2, 0.25) is 5.28 Å². The van der Waals surface area contributed by atoms with Gasteiger partial charge in [-0.05, 0) is 30.9 Å². The van der Waals surface area contributed by atoms with Crippen LogP contribution in [0.3, 0.4) is 0 Å². The minimum Gasteiger partial charge on any atom is -0.352 e. The Bertz CT molecular complexity index is 648. The summed E-state index contributed by atoms with van der Waals surface area (Å²) in [7, 11) is 0. The Hall–Kier alpha value is -1.30. The van der Waals surface area contributed by atoms with Crippen LogP contribution in [0.25, 0.3) is 0 Å². The Morgan fingerprint density at radius 1 is 1.32 bits per heavy atom. The molecule has 3 aliphatic rings. The molecule has 2 aliphatic carbocycles. The van der Waals surface area contributed by atoms with Crippen LogP contribution in [0, 0.1) is 5.41 Å². The number of carbonyl (C=O) groups excluding carboxylic acids is 1. The molecule has 0 saturated heterocycles. The molecule has 0 N–H and O–H groups in total. The molecule has 0 amide bonds. The Labute approximate surface area is 131 Å². The molecular weight excluding hydrogens is 312 g/mol. The summed E-state index contributed by atoms with van der Waals surface area (Å²) in [4.78, 5) is 22.6. The van der Waals surface area contributed by atoms with Gasteiger partial charge in [-0.3, -0.25) is 4.79 Å². The quantitative estimate of drug-likeness (QED) is 0.744. The van der Waals surface area contributed by atoms with Crippen LogP contribution in [-0.4, -0.2) is 34.3 Å². The van der Waals surface area contributed by atoms with Crippen molar-refractivity contribution in [3.63, 3.8) is 0 Å². The molecule has 1 spiro atoms. The highest BCUT2D eigenvalue weighted by molar-refractivity contribution is 6.28. The van der Waals surface area contributed by atoms with Crippen molar-refractivity contribution in [3.05, 3.63) is 17.0 Å². The van der Waals surface area contributed by atoms with E-state index in [1.807, 2.05) is 4.90 Å². The van der Waals surface area contributed by atoms with Crippen LogP contribution in [0.15, 0.2) is 6.20 Å². The number of hydrogen-bond acceptors (Lipinski definition) is 4. The van der Waals surface area contributed by atoms with Gasteiger partial charge in [0.05, 0.1) is 0 Å². The Balaban J connectivity index is 1.75. The van der Waals surface area contributed by atoms with Crippen LogP contribution in [-0.2, 0) is 11.2 Å². The first-order chi connectivity index (χ1) is 10.4. The number of halogens is 3. The van der Waals surface area contributed by atoms with Crippen molar-refractivity contribution in [2.24, 2.45) is 5.41 Å². The van der Waals surface area contributed by atoms with Crippen molar-refractivity contribution < 1.29 is 13.6 Å². The van der Waals surface area contributed by atoms with E-state index in [0.29, 0.717) is 24.3 Å². The second-order valence-electron chi connectivity index (χ2n) is 6.75. The highest BCUT2D eigenvalue weighted by atomic mass is 35.5. The maximum atomic E-state index is 13.6. The Kier molecular flexibility index (Phi) is 2.99. The van der Waals surface area contributed by atoms with Crippen LogP contribution in [0.1, 0.15) is 37.7 Å². The summed E-state index contributed by atoms with van der Waals surface area (Å²) in [5, 5.41) is 0.0905. The summed E-state index contributed by atoms with van der Waals surface area (Å²) in [6.45, 7) is 0.479. The molecule has 2 saturated carbocycles. The van der Waals surface area contributed by atoms with E-state index in [4.69, 9.17) is 11.6 Å². The van der Waals surface area contributed by atoms with Gasteiger partial charge in [-0.25, -0.2) is 18.7 Å². The number of hydrogen-bond donors (Lipinski definition) is 0. The predicted molar refractivity (Wildman–Crippen MR) is 77.4 cm³/mol. The monoisotopic (exact) mass is 327 g/mol. The van der Waals surface area contributed by atoms with Gasteiger partial charge in [0.15, 0.2) is 0 Å². The molecule has 0 unspecified atom stereocenters. The summed E-state index contributed by atoms with van der Waals surface area (Å²) in [5.74, 6) is -1.89. The Morgan fingerprint density at radius 2 is 2.09 bits per heavy atom. The molecule has 4 rings (SSSR count). The normalized spacial score (nSPS) is 28.6. The molecule has 22 heavy (non-hydrogen) atoms. The van der Waals surface area contributed by atoms with Crippen molar-refractivity contribution in [3.8, 4) is 0 Å². The molecule has 4 nitrogen and oxygen atoms in total. The second kappa shape index (κ2) is 4.60. The molecule has 1 aromatic heterocycles. The highest BCUT2D eigenvalue weighted by Crippen LogP contribution is 2.52. The van der Waals surface area contributed by atoms with E-state index in [2.05, 4.69) is 9.97 Å². The van der Waals surface area contributed by atoms with Crippen LogP contribution in [0.5, 0.6) is 0 Å². The molecule has 2 heterocycles. The van der Waals surface area contributed by atoms with Gasteiger partial charge in [-0.2, -0.15) is 0 Å². The lowest BCUT2D eigenvalue weighted by molar-refractivity contribution is -0.123.